The number of benzene rings is 3. The first-order valence-electron chi connectivity index (χ1n) is 10.0. The van der Waals surface area contributed by atoms with Gasteiger partial charge in [0, 0.05) is 17.7 Å². The molecule has 3 aromatic carbocycles. The highest BCUT2D eigenvalue weighted by Crippen LogP contribution is 2.41. The summed E-state index contributed by atoms with van der Waals surface area (Å²) >= 11 is 0. The number of carbonyl (C=O) groups excluding carboxylic acids is 2. The third-order valence-corrected chi connectivity index (χ3v) is 5.58. The van der Waals surface area contributed by atoms with Gasteiger partial charge in [0.25, 0.3) is 11.7 Å². The first kappa shape index (κ1) is 20.5. The predicted octanol–water partition coefficient (Wildman–Crippen LogP) is 5.06. The second kappa shape index (κ2) is 8.19. The molecule has 1 saturated heterocycles. The Hall–Kier alpha value is -3.73. The lowest BCUT2D eigenvalue weighted by Gasteiger charge is -2.26. The fraction of sp³-hybridized carbons (Fsp3) is 0.154. The van der Waals surface area contributed by atoms with Gasteiger partial charge in [0.05, 0.1) is 11.6 Å². The molecule has 0 saturated carbocycles. The van der Waals surface area contributed by atoms with E-state index in [1.165, 1.54) is 11.0 Å². The zero-order valence-corrected chi connectivity index (χ0v) is 17.3. The molecule has 1 atom stereocenters. The SMILES string of the molecule is Cc1ccc(C)c(C(O)=C2C(=O)C(=O)N(Cc3ccccc3)C2c2ccccc2F)c1. The van der Waals surface area contributed by atoms with E-state index in [2.05, 4.69) is 0 Å². The molecule has 1 fully saturated rings. The van der Waals surface area contributed by atoms with Gasteiger partial charge in [-0.25, -0.2) is 4.39 Å². The van der Waals surface area contributed by atoms with E-state index in [0.717, 1.165) is 16.7 Å². The quantitative estimate of drug-likeness (QED) is 0.368. The van der Waals surface area contributed by atoms with E-state index in [-0.39, 0.29) is 23.4 Å². The van der Waals surface area contributed by atoms with E-state index < -0.39 is 23.5 Å². The Labute approximate surface area is 180 Å². The first-order valence-corrected chi connectivity index (χ1v) is 10.0. The average Bonchev–Trinajstić information content (AvgIpc) is 3.01. The topological polar surface area (TPSA) is 57.6 Å². The first-order chi connectivity index (χ1) is 14.9. The minimum absolute atomic E-state index is 0.0975. The average molecular weight is 415 g/mol. The third kappa shape index (κ3) is 3.75. The summed E-state index contributed by atoms with van der Waals surface area (Å²) < 4.78 is 14.8. The van der Waals surface area contributed by atoms with Crippen molar-refractivity contribution in [2.45, 2.75) is 26.4 Å². The standard InChI is InChI=1S/C26H22FNO3/c1-16-12-13-17(2)20(14-16)24(29)22-23(19-10-6-7-11-21(19)27)28(26(31)25(22)30)15-18-8-4-3-5-9-18/h3-14,23,29H,15H2,1-2H3. The van der Waals surface area contributed by atoms with E-state index in [0.29, 0.717) is 5.56 Å². The highest BCUT2D eigenvalue weighted by atomic mass is 19.1. The number of aliphatic hydroxyl groups is 1. The summed E-state index contributed by atoms with van der Waals surface area (Å²) in [5.41, 5.74) is 2.98. The van der Waals surface area contributed by atoms with E-state index in [1.54, 1.807) is 24.3 Å². The number of hydrogen-bond acceptors (Lipinski definition) is 3. The molecule has 0 spiro atoms. The molecule has 1 heterocycles. The van der Waals surface area contributed by atoms with Gasteiger partial charge in [-0.1, -0.05) is 66.2 Å². The Balaban J connectivity index is 1.92. The lowest BCUT2D eigenvalue weighted by atomic mass is 9.93. The number of halogens is 1. The van der Waals surface area contributed by atoms with Crippen LogP contribution >= 0.6 is 0 Å². The van der Waals surface area contributed by atoms with Crippen LogP contribution in [0.2, 0.25) is 0 Å². The molecule has 4 nitrogen and oxygen atoms in total. The van der Waals surface area contributed by atoms with Crippen LogP contribution in [0.3, 0.4) is 0 Å². The second-order valence-corrected chi connectivity index (χ2v) is 7.75. The van der Waals surface area contributed by atoms with Crippen LogP contribution < -0.4 is 0 Å². The summed E-state index contributed by atoms with van der Waals surface area (Å²) in [4.78, 5) is 27.4. The lowest BCUT2D eigenvalue weighted by Crippen LogP contribution is -2.29. The van der Waals surface area contributed by atoms with Crippen molar-refractivity contribution in [3.05, 3.63) is 112 Å². The van der Waals surface area contributed by atoms with E-state index in [4.69, 9.17) is 0 Å². The molecule has 1 unspecified atom stereocenters. The molecule has 4 rings (SSSR count). The van der Waals surface area contributed by atoms with Crippen molar-refractivity contribution in [2.75, 3.05) is 0 Å². The van der Waals surface area contributed by atoms with Crippen molar-refractivity contribution < 1.29 is 19.1 Å². The van der Waals surface area contributed by atoms with Crippen molar-refractivity contribution in [2.24, 2.45) is 0 Å². The molecule has 3 aromatic rings. The highest BCUT2D eigenvalue weighted by molar-refractivity contribution is 6.46. The molecule has 156 valence electrons. The smallest absolute Gasteiger partial charge is 0.295 e. The van der Waals surface area contributed by atoms with Gasteiger partial charge in [-0.3, -0.25) is 9.59 Å². The molecule has 5 heteroatoms. The molecular weight excluding hydrogens is 393 g/mol. The summed E-state index contributed by atoms with van der Waals surface area (Å²) in [5, 5.41) is 11.2. The largest absolute Gasteiger partial charge is 0.507 e. The Morgan fingerprint density at radius 1 is 0.968 bits per heavy atom. The molecular formula is C26H22FNO3. The third-order valence-electron chi connectivity index (χ3n) is 5.58. The maximum Gasteiger partial charge on any atom is 0.295 e. The molecule has 1 aliphatic heterocycles. The van der Waals surface area contributed by atoms with Gasteiger partial charge < -0.3 is 10.0 Å². The molecule has 31 heavy (non-hydrogen) atoms. The minimum atomic E-state index is -1.03. The van der Waals surface area contributed by atoms with E-state index in [9.17, 15) is 19.1 Å². The number of hydrogen-bond donors (Lipinski definition) is 1. The Kier molecular flexibility index (Phi) is 5.42. The summed E-state index contributed by atoms with van der Waals surface area (Å²) in [5.74, 6) is -2.41. The summed E-state index contributed by atoms with van der Waals surface area (Å²) in [6, 6.07) is 19.7. The maximum atomic E-state index is 14.8. The number of rotatable bonds is 4. The fourth-order valence-electron chi connectivity index (χ4n) is 3.98. The summed E-state index contributed by atoms with van der Waals surface area (Å²) in [6.07, 6.45) is 0. The van der Waals surface area contributed by atoms with Crippen LogP contribution in [0, 0.1) is 19.7 Å². The molecule has 1 N–H and O–H groups in total. The molecule has 1 aliphatic rings. The van der Waals surface area contributed by atoms with Gasteiger partial charge in [-0.15, -0.1) is 0 Å². The van der Waals surface area contributed by atoms with Crippen LogP contribution in [0.1, 0.15) is 33.9 Å². The maximum absolute atomic E-state index is 14.8. The van der Waals surface area contributed by atoms with Crippen molar-refractivity contribution in [3.8, 4) is 0 Å². The number of nitrogens with zero attached hydrogens (tertiary/aromatic N) is 1. The van der Waals surface area contributed by atoms with Gasteiger partial charge >= 0.3 is 0 Å². The highest BCUT2D eigenvalue weighted by Gasteiger charge is 2.47. The molecule has 0 aliphatic carbocycles. The van der Waals surface area contributed by atoms with Crippen molar-refractivity contribution in [1.82, 2.24) is 4.90 Å². The van der Waals surface area contributed by atoms with Crippen molar-refractivity contribution >= 4 is 17.4 Å². The number of aliphatic hydroxyl groups excluding tert-OH is 1. The van der Waals surface area contributed by atoms with Gasteiger partial charge in [-0.2, -0.15) is 0 Å². The van der Waals surface area contributed by atoms with Crippen LogP contribution in [0.5, 0.6) is 0 Å². The van der Waals surface area contributed by atoms with E-state index in [1.807, 2.05) is 56.3 Å². The number of Topliss-reactive ketones (excluding diaryl/α,β-unsaturated/α-hetero) is 1. The number of carbonyl (C=O) groups is 2. The van der Waals surface area contributed by atoms with Gasteiger partial charge in [-0.05, 0) is 37.1 Å². The van der Waals surface area contributed by atoms with Gasteiger partial charge in [0.15, 0.2) is 0 Å². The summed E-state index contributed by atoms with van der Waals surface area (Å²) in [6.45, 7) is 3.80. The number of likely N-dealkylation sites (tertiary alicyclic amines) is 1. The van der Waals surface area contributed by atoms with Crippen LogP contribution in [0.25, 0.3) is 5.76 Å². The molecule has 0 bridgehead atoms. The van der Waals surface area contributed by atoms with Crippen molar-refractivity contribution in [3.63, 3.8) is 0 Å². The van der Waals surface area contributed by atoms with E-state index >= 15 is 0 Å². The fourth-order valence-corrected chi connectivity index (χ4v) is 3.98. The van der Waals surface area contributed by atoms with Crippen molar-refractivity contribution in [1.29, 1.82) is 0 Å². The zero-order chi connectivity index (χ0) is 22.1. The molecule has 1 amide bonds. The monoisotopic (exact) mass is 415 g/mol. The minimum Gasteiger partial charge on any atom is -0.507 e. The van der Waals surface area contributed by atoms with Crippen LogP contribution in [-0.2, 0) is 16.1 Å². The Morgan fingerprint density at radius 3 is 2.35 bits per heavy atom. The second-order valence-electron chi connectivity index (χ2n) is 7.75. The van der Waals surface area contributed by atoms with Crippen LogP contribution in [0.4, 0.5) is 4.39 Å². The predicted molar refractivity (Wildman–Crippen MR) is 117 cm³/mol. The molecule has 0 radical (unpaired) electrons. The van der Waals surface area contributed by atoms with Gasteiger partial charge in [0.2, 0.25) is 0 Å². The lowest BCUT2D eigenvalue weighted by molar-refractivity contribution is -0.140. The van der Waals surface area contributed by atoms with Gasteiger partial charge in [0.1, 0.15) is 11.6 Å². The Morgan fingerprint density at radius 2 is 1.65 bits per heavy atom. The Bertz CT molecular complexity index is 1200. The number of ketones is 1. The zero-order valence-electron chi connectivity index (χ0n) is 17.3. The van der Waals surface area contributed by atoms with Crippen LogP contribution in [0.15, 0.2) is 78.4 Å². The molecule has 0 aromatic heterocycles. The normalized spacial score (nSPS) is 17.9. The number of amides is 1. The summed E-state index contributed by atoms with van der Waals surface area (Å²) in [7, 11) is 0. The number of aryl methyl sites for hydroxylation is 2. The van der Waals surface area contributed by atoms with Crippen LogP contribution in [-0.4, -0.2) is 21.7 Å².